The minimum Gasteiger partial charge on any atom is -0.369 e. The molecule has 0 atom stereocenters. The van der Waals surface area contributed by atoms with Crippen LogP contribution in [0.5, 0.6) is 0 Å². The van der Waals surface area contributed by atoms with Gasteiger partial charge in [-0.1, -0.05) is 13.8 Å². The van der Waals surface area contributed by atoms with Gasteiger partial charge in [0.15, 0.2) is 7.98 Å². The van der Waals surface area contributed by atoms with Gasteiger partial charge in [-0.15, -0.1) is 0 Å². The van der Waals surface area contributed by atoms with E-state index < -0.39 is 0 Å². The number of rotatable bonds is 2. The lowest BCUT2D eigenvalue weighted by Crippen LogP contribution is -2.46. The molecule has 0 spiro atoms. The van der Waals surface area contributed by atoms with Crippen molar-refractivity contribution in [3.05, 3.63) is 17.8 Å². The van der Waals surface area contributed by atoms with Gasteiger partial charge >= 0.3 is 0 Å². The zero-order chi connectivity index (χ0) is 16.7. The molecule has 0 amide bonds. The van der Waals surface area contributed by atoms with Crippen LogP contribution in [0.15, 0.2) is 12.1 Å². The van der Waals surface area contributed by atoms with Gasteiger partial charge in [0.1, 0.15) is 17.6 Å². The van der Waals surface area contributed by atoms with Crippen molar-refractivity contribution in [2.45, 2.75) is 13.8 Å². The lowest BCUT2D eigenvalue weighted by Gasteiger charge is -2.35. The summed E-state index contributed by atoms with van der Waals surface area (Å²) in [7, 11) is 5.80. The molecule has 2 fully saturated rings. The molecule has 122 valence electrons. The molecule has 3 rings (SSSR count). The normalized spacial score (nSPS) is 18.8. The molecule has 2 aliphatic heterocycles. The molecular weight excluding hydrogens is 287 g/mol. The average Bonchev–Trinajstić information content (AvgIpc) is 2.64. The van der Waals surface area contributed by atoms with Crippen molar-refractivity contribution in [3.63, 3.8) is 0 Å². The van der Waals surface area contributed by atoms with E-state index in [4.69, 9.17) is 7.98 Å². The number of hydrogen-bond acceptors (Lipinski definition) is 6. The highest BCUT2D eigenvalue weighted by molar-refractivity contribution is 6.04. The molecule has 2 aliphatic rings. The molecule has 1 aromatic rings. The van der Waals surface area contributed by atoms with E-state index in [-0.39, 0.29) is 0 Å². The lowest BCUT2D eigenvalue weighted by atomic mass is 10.2. The fraction of sp³-hybridized carbons (Fsp3) is 0.625. The predicted molar refractivity (Wildman–Crippen MR) is 94.9 cm³/mol. The Bertz CT molecular complexity index is 530. The number of piperazine rings is 2. The third kappa shape index (κ3) is 4.60. The van der Waals surface area contributed by atoms with Crippen LogP contribution in [-0.4, -0.2) is 70.1 Å². The maximum absolute atomic E-state index is 9.24. The summed E-state index contributed by atoms with van der Waals surface area (Å²) in [5, 5.41) is 12.6. The Balaban J connectivity index is 0.000000924. The topological polar surface area (TPSA) is 58.4 Å². The van der Waals surface area contributed by atoms with Crippen LogP contribution in [-0.2, 0) is 0 Å². The van der Waals surface area contributed by atoms with Crippen LogP contribution in [0.3, 0.4) is 0 Å². The van der Waals surface area contributed by atoms with Crippen molar-refractivity contribution in [2.24, 2.45) is 0 Å². The Kier molecular flexibility index (Phi) is 6.69. The van der Waals surface area contributed by atoms with Gasteiger partial charge in [-0.3, -0.25) is 0 Å². The highest BCUT2D eigenvalue weighted by Gasteiger charge is 2.18. The molecule has 0 unspecified atom stereocenters. The maximum atomic E-state index is 9.24. The van der Waals surface area contributed by atoms with E-state index in [9.17, 15) is 5.26 Å². The fourth-order valence-electron chi connectivity index (χ4n) is 2.78. The number of pyridine rings is 1. The van der Waals surface area contributed by atoms with Gasteiger partial charge in [0.25, 0.3) is 0 Å². The SMILES string of the molecule is CC.[B]N1CCN(c2cc(C#N)nc(N3CCNCC3)c2)CC1. The van der Waals surface area contributed by atoms with Gasteiger partial charge in [-0.05, 0) is 6.07 Å². The summed E-state index contributed by atoms with van der Waals surface area (Å²) in [4.78, 5) is 10.8. The van der Waals surface area contributed by atoms with Crippen LogP contribution >= 0.6 is 0 Å². The first-order chi connectivity index (χ1) is 11.3. The Morgan fingerprint density at radius 2 is 1.70 bits per heavy atom. The molecule has 0 bridgehead atoms. The first kappa shape index (κ1) is 17.6. The highest BCUT2D eigenvalue weighted by Crippen LogP contribution is 2.23. The standard InChI is InChI=1S/C14H19BN6.C2H6/c15-21-7-5-19(6-8-21)13-9-12(11-16)18-14(10-13)20-3-1-17-2-4-20;1-2/h9-10,17H,1-8H2;1-2H3. The summed E-state index contributed by atoms with van der Waals surface area (Å²) in [6, 6.07) is 6.15. The molecule has 1 N–H and O–H groups in total. The van der Waals surface area contributed by atoms with E-state index in [0.29, 0.717) is 5.69 Å². The minimum atomic E-state index is 0.483. The zero-order valence-electron chi connectivity index (χ0n) is 14.1. The number of aromatic nitrogens is 1. The van der Waals surface area contributed by atoms with E-state index in [0.717, 1.165) is 63.9 Å². The number of nitrogens with one attached hydrogen (secondary N) is 1. The quantitative estimate of drug-likeness (QED) is 0.807. The van der Waals surface area contributed by atoms with Crippen molar-refractivity contribution in [3.8, 4) is 6.07 Å². The first-order valence-corrected chi connectivity index (χ1v) is 8.39. The summed E-state index contributed by atoms with van der Waals surface area (Å²) < 4.78 is 0. The van der Waals surface area contributed by atoms with E-state index in [1.54, 1.807) is 0 Å². The predicted octanol–water partition coefficient (Wildman–Crippen LogP) is 0.595. The Morgan fingerprint density at radius 3 is 2.30 bits per heavy atom. The van der Waals surface area contributed by atoms with Crippen LogP contribution in [0.4, 0.5) is 11.5 Å². The summed E-state index contributed by atoms with van der Waals surface area (Å²) in [5.41, 5.74) is 1.55. The fourth-order valence-corrected chi connectivity index (χ4v) is 2.78. The molecule has 23 heavy (non-hydrogen) atoms. The van der Waals surface area contributed by atoms with Crippen molar-refractivity contribution < 1.29 is 0 Å². The summed E-state index contributed by atoms with van der Waals surface area (Å²) >= 11 is 0. The minimum absolute atomic E-state index is 0.483. The van der Waals surface area contributed by atoms with Gasteiger partial charge in [-0.25, -0.2) is 4.98 Å². The summed E-state index contributed by atoms with van der Waals surface area (Å²) in [6.07, 6.45) is 0. The number of hydrogen-bond donors (Lipinski definition) is 1. The van der Waals surface area contributed by atoms with Gasteiger partial charge < -0.3 is 19.9 Å². The molecule has 6 nitrogen and oxygen atoms in total. The molecule has 1 aromatic heterocycles. The molecule has 0 aromatic carbocycles. The Hall–Kier alpha value is -1.78. The molecule has 0 saturated carbocycles. The van der Waals surface area contributed by atoms with Crippen LogP contribution in [0, 0.1) is 11.3 Å². The zero-order valence-corrected chi connectivity index (χ0v) is 14.1. The lowest BCUT2D eigenvalue weighted by molar-refractivity contribution is 0.415. The maximum Gasteiger partial charge on any atom is 0.182 e. The average molecular weight is 312 g/mol. The van der Waals surface area contributed by atoms with Crippen LogP contribution in [0.25, 0.3) is 0 Å². The second kappa shape index (κ2) is 8.75. The molecule has 0 aliphatic carbocycles. The number of nitrogens with zero attached hydrogens (tertiary/aromatic N) is 5. The Labute approximate surface area is 140 Å². The highest BCUT2D eigenvalue weighted by atomic mass is 15.3. The van der Waals surface area contributed by atoms with Crippen molar-refractivity contribution in [1.29, 1.82) is 5.26 Å². The van der Waals surface area contributed by atoms with Gasteiger partial charge in [0.2, 0.25) is 0 Å². The second-order valence-electron chi connectivity index (χ2n) is 5.44. The van der Waals surface area contributed by atoms with Gasteiger partial charge in [-0.2, -0.15) is 5.26 Å². The van der Waals surface area contributed by atoms with Crippen molar-refractivity contribution in [2.75, 3.05) is 62.2 Å². The third-order valence-electron chi connectivity index (χ3n) is 4.03. The van der Waals surface area contributed by atoms with Crippen molar-refractivity contribution in [1.82, 2.24) is 15.1 Å². The first-order valence-electron chi connectivity index (χ1n) is 8.39. The van der Waals surface area contributed by atoms with E-state index in [1.807, 2.05) is 24.7 Å². The van der Waals surface area contributed by atoms with Crippen LogP contribution in [0.1, 0.15) is 19.5 Å². The number of anilines is 2. The molecule has 7 heteroatoms. The van der Waals surface area contributed by atoms with Crippen LogP contribution < -0.4 is 15.1 Å². The van der Waals surface area contributed by atoms with Gasteiger partial charge in [0.05, 0.1) is 0 Å². The molecule has 2 radical (unpaired) electrons. The second-order valence-corrected chi connectivity index (χ2v) is 5.44. The Morgan fingerprint density at radius 1 is 1.04 bits per heavy atom. The molecular formula is C16H25BN6. The molecule has 2 saturated heterocycles. The number of nitriles is 1. The molecule has 3 heterocycles. The van der Waals surface area contributed by atoms with Gasteiger partial charge in [0, 0.05) is 64.1 Å². The van der Waals surface area contributed by atoms with E-state index in [1.165, 1.54) is 0 Å². The summed E-state index contributed by atoms with van der Waals surface area (Å²) in [5.74, 6) is 0.903. The monoisotopic (exact) mass is 312 g/mol. The summed E-state index contributed by atoms with van der Waals surface area (Å²) in [6.45, 7) is 11.2. The van der Waals surface area contributed by atoms with E-state index >= 15 is 0 Å². The van der Waals surface area contributed by atoms with E-state index in [2.05, 4.69) is 32.2 Å². The largest absolute Gasteiger partial charge is 0.369 e. The third-order valence-corrected chi connectivity index (χ3v) is 4.03. The van der Waals surface area contributed by atoms with Crippen molar-refractivity contribution >= 4 is 19.5 Å². The smallest absolute Gasteiger partial charge is 0.182 e. The van der Waals surface area contributed by atoms with Crippen LogP contribution in [0.2, 0.25) is 0 Å².